The van der Waals surface area contributed by atoms with Crippen molar-refractivity contribution >= 4 is 32.3 Å². The maximum absolute atomic E-state index is 17.1. The average molecular weight is 443 g/mol. The standard InChI is InChI=1S/C32H23FO/c33-31(28-19-7-13-22-10-1-4-16-25(22)28)32(34,29-20-8-14-23-11-2-5-17-26(23)29)30-21-9-15-24-12-3-6-18-27(24)30/h1-21,31,34H. The molecule has 0 heterocycles. The second-order valence-corrected chi connectivity index (χ2v) is 8.75. The third-order valence-corrected chi connectivity index (χ3v) is 6.86. The highest BCUT2D eigenvalue weighted by Gasteiger charge is 2.44. The van der Waals surface area contributed by atoms with Gasteiger partial charge in [-0.2, -0.15) is 0 Å². The summed E-state index contributed by atoms with van der Waals surface area (Å²) in [5.74, 6) is 0. The molecule has 0 aliphatic heterocycles. The molecule has 164 valence electrons. The van der Waals surface area contributed by atoms with E-state index in [4.69, 9.17) is 0 Å². The van der Waals surface area contributed by atoms with Crippen molar-refractivity contribution in [2.75, 3.05) is 0 Å². The maximum Gasteiger partial charge on any atom is 0.163 e. The number of fused-ring (bicyclic) bond motifs is 3. The van der Waals surface area contributed by atoms with Gasteiger partial charge in [-0.25, -0.2) is 4.39 Å². The molecule has 6 rings (SSSR count). The lowest BCUT2D eigenvalue weighted by molar-refractivity contribution is -0.00257. The Morgan fingerprint density at radius 1 is 0.471 bits per heavy atom. The zero-order chi connectivity index (χ0) is 23.1. The molecule has 1 atom stereocenters. The van der Waals surface area contributed by atoms with E-state index < -0.39 is 11.8 Å². The zero-order valence-electron chi connectivity index (χ0n) is 18.5. The lowest BCUT2D eigenvalue weighted by atomic mass is 9.75. The van der Waals surface area contributed by atoms with Crippen LogP contribution >= 0.6 is 0 Å². The van der Waals surface area contributed by atoms with Crippen LogP contribution in [0.2, 0.25) is 0 Å². The van der Waals surface area contributed by atoms with Gasteiger partial charge in [0, 0.05) is 0 Å². The van der Waals surface area contributed by atoms with Gasteiger partial charge in [0.05, 0.1) is 0 Å². The predicted octanol–water partition coefficient (Wildman–Crippen LogP) is 8.09. The van der Waals surface area contributed by atoms with E-state index in [1.807, 2.05) is 121 Å². The van der Waals surface area contributed by atoms with Crippen LogP contribution in [0.5, 0.6) is 0 Å². The third kappa shape index (κ3) is 3.11. The van der Waals surface area contributed by atoms with Gasteiger partial charge < -0.3 is 5.11 Å². The molecule has 0 amide bonds. The van der Waals surface area contributed by atoms with Crippen LogP contribution in [-0.2, 0) is 5.60 Å². The van der Waals surface area contributed by atoms with E-state index in [0.29, 0.717) is 16.7 Å². The van der Waals surface area contributed by atoms with Crippen molar-refractivity contribution in [3.8, 4) is 0 Å². The third-order valence-electron chi connectivity index (χ3n) is 6.86. The molecule has 1 N–H and O–H groups in total. The molecule has 0 saturated carbocycles. The van der Waals surface area contributed by atoms with Crippen LogP contribution in [0.4, 0.5) is 4.39 Å². The number of hydrogen-bond acceptors (Lipinski definition) is 1. The first-order chi connectivity index (χ1) is 16.7. The van der Waals surface area contributed by atoms with Crippen LogP contribution in [0.25, 0.3) is 32.3 Å². The second-order valence-electron chi connectivity index (χ2n) is 8.75. The minimum absolute atomic E-state index is 0.474. The Morgan fingerprint density at radius 3 is 1.38 bits per heavy atom. The van der Waals surface area contributed by atoms with Crippen molar-refractivity contribution in [1.29, 1.82) is 0 Å². The summed E-state index contributed by atoms with van der Waals surface area (Å²) in [5, 5.41) is 18.0. The Labute approximate surface area is 197 Å². The van der Waals surface area contributed by atoms with Crippen molar-refractivity contribution < 1.29 is 9.50 Å². The van der Waals surface area contributed by atoms with Crippen molar-refractivity contribution in [3.63, 3.8) is 0 Å². The number of hydrogen-bond donors (Lipinski definition) is 1. The zero-order valence-corrected chi connectivity index (χ0v) is 18.5. The molecular formula is C32H23FO. The van der Waals surface area contributed by atoms with E-state index in [2.05, 4.69) is 0 Å². The molecule has 0 spiro atoms. The largest absolute Gasteiger partial charge is 0.377 e. The maximum atomic E-state index is 17.1. The van der Waals surface area contributed by atoms with E-state index in [-0.39, 0.29) is 0 Å². The van der Waals surface area contributed by atoms with Crippen molar-refractivity contribution in [2.24, 2.45) is 0 Å². The summed E-state index contributed by atoms with van der Waals surface area (Å²) in [6.45, 7) is 0. The van der Waals surface area contributed by atoms with Crippen LogP contribution < -0.4 is 0 Å². The molecule has 6 aromatic rings. The molecule has 0 radical (unpaired) electrons. The first kappa shape index (κ1) is 20.6. The van der Waals surface area contributed by atoms with Crippen molar-refractivity contribution in [2.45, 2.75) is 11.8 Å². The molecular weight excluding hydrogens is 419 g/mol. The van der Waals surface area contributed by atoms with Crippen LogP contribution in [0.3, 0.4) is 0 Å². The van der Waals surface area contributed by atoms with Gasteiger partial charge in [-0.05, 0) is 49.0 Å². The summed E-state index contributed by atoms with van der Waals surface area (Å²) in [7, 11) is 0. The minimum Gasteiger partial charge on any atom is -0.377 e. The van der Waals surface area contributed by atoms with E-state index in [9.17, 15) is 5.11 Å². The van der Waals surface area contributed by atoms with Crippen LogP contribution in [0.15, 0.2) is 127 Å². The highest BCUT2D eigenvalue weighted by Crippen LogP contribution is 2.49. The van der Waals surface area contributed by atoms with E-state index >= 15 is 4.39 Å². The Hall–Kier alpha value is -4.01. The molecule has 0 aliphatic rings. The SMILES string of the molecule is OC(c1cccc2ccccc12)(c1cccc2ccccc12)C(F)c1cccc2ccccc12. The van der Waals surface area contributed by atoms with Gasteiger partial charge in [0.15, 0.2) is 11.8 Å². The van der Waals surface area contributed by atoms with E-state index in [1.165, 1.54) is 0 Å². The molecule has 1 unspecified atom stereocenters. The molecule has 0 aliphatic carbocycles. The molecule has 2 heteroatoms. The fourth-order valence-corrected chi connectivity index (χ4v) is 5.23. The fourth-order valence-electron chi connectivity index (χ4n) is 5.23. The lowest BCUT2D eigenvalue weighted by Gasteiger charge is -2.35. The van der Waals surface area contributed by atoms with Crippen LogP contribution in [0.1, 0.15) is 22.9 Å². The molecule has 0 bridgehead atoms. The monoisotopic (exact) mass is 442 g/mol. The Morgan fingerprint density at radius 2 is 0.853 bits per heavy atom. The van der Waals surface area contributed by atoms with E-state index in [0.717, 1.165) is 32.3 Å². The lowest BCUT2D eigenvalue weighted by Crippen LogP contribution is -2.33. The van der Waals surface area contributed by atoms with E-state index in [1.54, 1.807) is 6.07 Å². The van der Waals surface area contributed by atoms with Crippen molar-refractivity contribution in [1.82, 2.24) is 0 Å². The van der Waals surface area contributed by atoms with Gasteiger partial charge in [0.2, 0.25) is 0 Å². The molecule has 34 heavy (non-hydrogen) atoms. The number of benzene rings is 6. The topological polar surface area (TPSA) is 20.2 Å². The Balaban J connectivity index is 1.72. The summed E-state index contributed by atoms with van der Waals surface area (Å²) < 4.78 is 17.1. The molecule has 6 aromatic carbocycles. The minimum atomic E-state index is -1.91. The highest BCUT2D eigenvalue weighted by atomic mass is 19.1. The first-order valence-electron chi connectivity index (χ1n) is 11.5. The van der Waals surface area contributed by atoms with Crippen molar-refractivity contribution in [3.05, 3.63) is 144 Å². The number of halogens is 1. The summed E-state index contributed by atoms with van der Waals surface area (Å²) in [6.07, 6.45) is -1.70. The second kappa shape index (κ2) is 8.09. The van der Waals surface area contributed by atoms with Gasteiger partial charge in [-0.1, -0.05) is 127 Å². The van der Waals surface area contributed by atoms with Gasteiger partial charge in [-0.3, -0.25) is 0 Å². The molecule has 0 fully saturated rings. The summed E-state index contributed by atoms with van der Waals surface area (Å²) in [4.78, 5) is 0. The average Bonchev–Trinajstić information content (AvgIpc) is 2.91. The Kier molecular flexibility index (Phi) is 4.90. The molecule has 1 nitrogen and oxygen atoms in total. The van der Waals surface area contributed by atoms with Crippen LogP contribution in [0, 0.1) is 0 Å². The molecule has 0 saturated heterocycles. The van der Waals surface area contributed by atoms with Gasteiger partial charge in [-0.15, -0.1) is 0 Å². The summed E-state index contributed by atoms with van der Waals surface area (Å²) in [5.41, 5.74) is -0.322. The fraction of sp³-hybridized carbons (Fsp3) is 0.0625. The van der Waals surface area contributed by atoms with Gasteiger partial charge in [0.1, 0.15) is 0 Å². The van der Waals surface area contributed by atoms with Gasteiger partial charge >= 0.3 is 0 Å². The smallest absolute Gasteiger partial charge is 0.163 e. The first-order valence-corrected chi connectivity index (χ1v) is 11.5. The summed E-state index contributed by atoms with van der Waals surface area (Å²) in [6, 6.07) is 40.5. The summed E-state index contributed by atoms with van der Waals surface area (Å²) >= 11 is 0. The highest BCUT2D eigenvalue weighted by molar-refractivity contribution is 5.92. The molecule has 0 aromatic heterocycles. The number of rotatable bonds is 4. The Bertz CT molecular complexity index is 1560. The predicted molar refractivity (Wildman–Crippen MR) is 139 cm³/mol. The van der Waals surface area contributed by atoms with Gasteiger partial charge in [0.25, 0.3) is 0 Å². The quantitative estimate of drug-likeness (QED) is 0.292. The number of aliphatic hydroxyl groups is 1. The number of alkyl halides is 1. The normalized spacial score (nSPS) is 12.9. The van der Waals surface area contributed by atoms with Crippen LogP contribution in [-0.4, -0.2) is 5.11 Å².